The molecule has 0 atom stereocenters. The van der Waals surface area contributed by atoms with Gasteiger partial charge in [0.15, 0.2) is 5.78 Å². The smallest absolute Gasteiger partial charge is 0.407 e. The van der Waals surface area contributed by atoms with Crippen molar-refractivity contribution in [2.24, 2.45) is 0 Å². The van der Waals surface area contributed by atoms with E-state index in [0.29, 0.717) is 19.5 Å². The molecule has 0 aliphatic carbocycles. The summed E-state index contributed by atoms with van der Waals surface area (Å²) in [5.41, 5.74) is 2.79. The lowest BCUT2D eigenvalue weighted by Crippen LogP contribution is -2.31. The fraction of sp³-hybridized carbons (Fsp3) is 0.360. The fourth-order valence-corrected chi connectivity index (χ4v) is 3.87. The molecule has 0 aliphatic rings. The molecule has 0 radical (unpaired) electrons. The molecule has 164 valence electrons. The third-order valence-corrected chi connectivity index (χ3v) is 5.56. The maximum Gasteiger partial charge on any atom is 0.407 e. The summed E-state index contributed by atoms with van der Waals surface area (Å²) in [5, 5.41) is 10.4. The molecule has 3 rings (SSSR count). The molecule has 6 nitrogen and oxygen atoms in total. The van der Waals surface area contributed by atoms with Gasteiger partial charge in [-0.1, -0.05) is 42.8 Å². The Morgan fingerprint density at radius 2 is 1.71 bits per heavy atom. The number of ketones is 1. The molecule has 31 heavy (non-hydrogen) atoms. The van der Waals surface area contributed by atoms with Crippen LogP contribution in [0.2, 0.25) is 0 Å². The first-order valence-electron chi connectivity index (χ1n) is 10.8. The average molecular weight is 423 g/mol. The van der Waals surface area contributed by atoms with Crippen molar-refractivity contribution in [3.8, 4) is 5.75 Å². The number of hydrogen-bond acceptors (Lipinski definition) is 3. The largest absolute Gasteiger partial charge is 0.496 e. The molecule has 3 aromatic rings. The van der Waals surface area contributed by atoms with Crippen LogP contribution >= 0.6 is 0 Å². The molecule has 0 spiro atoms. The summed E-state index contributed by atoms with van der Waals surface area (Å²) < 4.78 is 5.35. The highest BCUT2D eigenvalue weighted by atomic mass is 16.5. The molecule has 1 heterocycles. The third kappa shape index (κ3) is 6.10. The molecule has 0 saturated carbocycles. The van der Waals surface area contributed by atoms with Crippen molar-refractivity contribution >= 4 is 22.8 Å². The molecule has 0 fully saturated rings. The summed E-state index contributed by atoms with van der Waals surface area (Å²) >= 11 is 0. The number of aromatic amines is 1. The Balaban J connectivity index is 1.38. The van der Waals surface area contributed by atoms with E-state index in [1.165, 1.54) is 4.90 Å². The summed E-state index contributed by atoms with van der Waals surface area (Å²) in [4.78, 5) is 28.7. The Morgan fingerprint density at radius 1 is 0.968 bits per heavy atom. The number of hydrogen-bond donors (Lipinski definition) is 2. The van der Waals surface area contributed by atoms with Crippen LogP contribution in [0.5, 0.6) is 5.75 Å². The van der Waals surface area contributed by atoms with Crippen LogP contribution in [-0.4, -0.2) is 47.1 Å². The number of carbonyl (C=O) groups excluding carboxylic acids is 1. The Bertz CT molecular complexity index is 1010. The monoisotopic (exact) mass is 422 g/mol. The number of Topliss-reactive ketones (excluding diaryl/α,β-unsaturated/α-hetero) is 1. The number of rotatable bonds is 12. The van der Waals surface area contributed by atoms with Crippen molar-refractivity contribution in [1.29, 1.82) is 0 Å². The highest BCUT2D eigenvalue weighted by Crippen LogP contribution is 2.21. The zero-order valence-corrected chi connectivity index (χ0v) is 18.0. The van der Waals surface area contributed by atoms with Gasteiger partial charge in [-0.2, -0.15) is 0 Å². The number of nitrogens with one attached hydrogen (secondary N) is 1. The zero-order valence-electron chi connectivity index (χ0n) is 18.0. The molecule has 1 aromatic heterocycles. The molecular weight excluding hydrogens is 392 g/mol. The summed E-state index contributed by atoms with van der Waals surface area (Å²) in [6, 6.07) is 15.6. The number of fused-ring (bicyclic) bond motifs is 1. The van der Waals surface area contributed by atoms with Crippen molar-refractivity contribution in [3.05, 3.63) is 65.9 Å². The van der Waals surface area contributed by atoms with Crippen molar-refractivity contribution in [1.82, 2.24) is 9.88 Å². The number of aryl methyl sites for hydroxylation is 1. The van der Waals surface area contributed by atoms with Gasteiger partial charge in [0, 0.05) is 42.2 Å². The third-order valence-electron chi connectivity index (χ3n) is 5.56. The topological polar surface area (TPSA) is 82.6 Å². The van der Waals surface area contributed by atoms with E-state index in [4.69, 9.17) is 4.74 Å². The molecular formula is C25H30N2O4. The predicted octanol–water partition coefficient (Wildman–Crippen LogP) is 5.53. The lowest BCUT2D eigenvalue weighted by molar-refractivity contribution is 0.0979. The van der Waals surface area contributed by atoms with E-state index in [9.17, 15) is 14.7 Å². The molecule has 0 unspecified atom stereocenters. The van der Waals surface area contributed by atoms with Crippen molar-refractivity contribution in [2.45, 2.75) is 38.5 Å². The summed E-state index contributed by atoms with van der Waals surface area (Å²) in [6.45, 7) is 0.976. The second-order valence-electron chi connectivity index (χ2n) is 7.67. The number of unbranched alkanes of at least 4 members (excludes halogenated alkanes) is 2. The Morgan fingerprint density at radius 3 is 2.52 bits per heavy atom. The van der Waals surface area contributed by atoms with Gasteiger partial charge in [-0.15, -0.1) is 0 Å². The summed E-state index contributed by atoms with van der Waals surface area (Å²) in [6.07, 6.45) is 5.21. The maximum atomic E-state index is 12.5. The fourth-order valence-electron chi connectivity index (χ4n) is 3.87. The standard InChI is InChI=1S/C25H30N2O4/c1-31-24-15-7-4-10-19(24)11-9-17-27(25(29)30)16-8-2-3-14-23(28)21-18-26-22-13-6-5-12-20(21)22/h4-7,10,12-13,15,18,26H,2-3,8-9,11,14,16-17H2,1H3,(H,29,30). The number of benzene rings is 2. The number of methoxy groups -OCH3 is 1. The minimum absolute atomic E-state index is 0.129. The van der Waals surface area contributed by atoms with Crippen LogP contribution in [0.3, 0.4) is 0 Å². The van der Waals surface area contributed by atoms with Crippen LogP contribution in [-0.2, 0) is 6.42 Å². The number of para-hydroxylation sites is 2. The molecule has 0 bridgehead atoms. The SMILES string of the molecule is COc1ccccc1CCCN(CCCCCC(=O)c1c[nH]c2ccccc12)C(=O)O. The molecule has 0 aliphatic heterocycles. The van der Waals surface area contributed by atoms with Crippen LogP contribution in [0.15, 0.2) is 54.7 Å². The van der Waals surface area contributed by atoms with Crippen molar-refractivity contribution < 1.29 is 19.4 Å². The molecule has 2 aromatic carbocycles. The van der Waals surface area contributed by atoms with E-state index >= 15 is 0 Å². The van der Waals surface area contributed by atoms with Gasteiger partial charge in [0.2, 0.25) is 0 Å². The van der Waals surface area contributed by atoms with Gasteiger partial charge in [-0.3, -0.25) is 4.79 Å². The van der Waals surface area contributed by atoms with Crippen LogP contribution in [0.25, 0.3) is 10.9 Å². The second kappa shape index (κ2) is 11.2. The number of carboxylic acid groups (broad SMARTS) is 1. The first kappa shape index (κ1) is 22.4. The number of aromatic nitrogens is 1. The van der Waals surface area contributed by atoms with Crippen LogP contribution < -0.4 is 4.74 Å². The second-order valence-corrected chi connectivity index (χ2v) is 7.67. The van der Waals surface area contributed by atoms with Crippen molar-refractivity contribution in [3.63, 3.8) is 0 Å². The Hall–Kier alpha value is -3.28. The van der Waals surface area contributed by atoms with Gasteiger partial charge in [-0.05, 0) is 43.4 Å². The summed E-state index contributed by atoms with van der Waals surface area (Å²) in [7, 11) is 1.64. The normalized spacial score (nSPS) is 10.9. The van der Waals surface area contributed by atoms with Gasteiger partial charge in [-0.25, -0.2) is 4.79 Å². The number of H-pyrrole nitrogens is 1. The minimum atomic E-state index is -0.894. The Kier molecular flexibility index (Phi) is 8.10. The molecule has 2 N–H and O–H groups in total. The van der Waals surface area contributed by atoms with E-state index in [1.54, 1.807) is 13.3 Å². The van der Waals surface area contributed by atoms with Crippen LogP contribution in [0.1, 0.15) is 48.0 Å². The van der Waals surface area contributed by atoms with Gasteiger partial charge < -0.3 is 19.7 Å². The van der Waals surface area contributed by atoms with Crippen molar-refractivity contribution in [2.75, 3.05) is 20.2 Å². The van der Waals surface area contributed by atoms with Gasteiger partial charge in [0.05, 0.1) is 7.11 Å². The number of ether oxygens (including phenoxy) is 1. The van der Waals surface area contributed by atoms with E-state index in [2.05, 4.69) is 4.98 Å². The maximum absolute atomic E-state index is 12.5. The van der Waals surface area contributed by atoms with E-state index < -0.39 is 6.09 Å². The quantitative estimate of drug-likeness (QED) is 0.297. The number of nitrogens with zero attached hydrogens (tertiary/aromatic N) is 1. The lowest BCUT2D eigenvalue weighted by Gasteiger charge is -2.19. The highest BCUT2D eigenvalue weighted by molar-refractivity contribution is 6.07. The first-order chi connectivity index (χ1) is 15.1. The highest BCUT2D eigenvalue weighted by Gasteiger charge is 2.13. The van der Waals surface area contributed by atoms with E-state index in [1.807, 2.05) is 48.5 Å². The predicted molar refractivity (Wildman–Crippen MR) is 122 cm³/mol. The van der Waals surface area contributed by atoms with Gasteiger partial charge in [0.1, 0.15) is 5.75 Å². The van der Waals surface area contributed by atoms with Gasteiger partial charge >= 0.3 is 6.09 Å². The summed E-state index contributed by atoms with van der Waals surface area (Å²) in [5.74, 6) is 0.966. The van der Waals surface area contributed by atoms with Crippen LogP contribution in [0.4, 0.5) is 4.79 Å². The van der Waals surface area contributed by atoms with E-state index in [0.717, 1.165) is 59.9 Å². The Labute approximate surface area is 182 Å². The average Bonchev–Trinajstić information content (AvgIpc) is 3.22. The van der Waals surface area contributed by atoms with E-state index in [-0.39, 0.29) is 5.78 Å². The molecule has 1 amide bonds. The van der Waals surface area contributed by atoms with Gasteiger partial charge in [0.25, 0.3) is 0 Å². The molecule has 6 heteroatoms. The van der Waals surface area contributed by atoms with Crippen LogP contribution in [0, 0.1) is 0 Å². The first-order valence-corrected chi connectivity index (χ1v) is 10.8. The minimum Gasteiger partial charge on any atom is -0.496 e. The lowest BCUT2D eigenvalue weighted by atomic mass is 10.0. The zero-order chi connectivity index (χ0) is 22.1. The molecule has 0 saturated heterocycles. The number of carbonyl (C=O) groups is 2. The number of amides is 1.